The Morgan fingerprint density at radius 2 is 1.75 bits per heavy atom. The van der Waals surface area contributed by atoms with Gasteiger partial charge in [-0.3, -0.25) is 14.6 Å². The van der Waals surface area contributed by atoms with E-state index < -0.39 is 11.9 Å². The Morgan fingerprint density at radius 1 is 1.11 bits per heavy atom. The molecule has 0 spiro atoms. The van der Waals surface area contributed by atoms with Gasteiger partial charge in [0.05, 0.1) is 5.69 Å². The van der Waals surface area contributed by atoms with Crippen LogP contribution in [0.2, 0.25) is 0 Å². The molecule has 2 aromatic rings. The number of carbonyl (C=O) groups is 2. The molecule has 2 amide bonds. The zero-order valence-corrected chi connectivity index (χ0v) is 16.1. The normalized spacial score (nSPS) is 16.2. The van der Waals surface area contributed by atoms with Crippen molar-refractivity contribution in [2.45, 2.75) is 25.6 Å². The fourth-order valence-electron chi connectivity index (χ4n) is 3.10. The summed E-state index contributed by atoms with van der Waals surface area (Å²) in [6.07, 6.45) is 0.192. The second-order valence-electron chi connectivity index (χ2n) is 7.09. The van der Waals surface area contributed by atoms with Crippen LogP contribution in [0.3, 0.4) is 0 Å². The lowest BCUT2D eigenvalue weighted by Crippen LogP contribution is -2.39. The van der Waals surface area contributed by atoms with E-state index in [0.29, 0.717) is 12.3 Å². The average molecular weight is 379 g/mol. The second-order valence-corrected chi connectivity index (χ2v) is 7.09. The highest BCUT2D eigenvalue weighted by Gasteiger charge is 2.34. The molecule has 146 valence electrons. The number of nitrogens with two attached hydrogens (primary N) is 1. The molecule has 7 nitrogen and oxygen atoms in total. The smallest absolute Gasteiger partial charge is 0.267 e. The van der Waals surface area contributed by atoms with Gasteiger partial charge in [0.15, 0.2) is 0 Å². The van der Waals surface area contributed by atoms with E-state index in [0.717, 1.165) is 17.8 Å². The zero-order valence-electron chi connectivity index (χ0n) is 16.1. The third kappa shape index (κ3) is 4.75. The maximum Gasteiger partial charge on any atom is 0.267 e. The van der Waals surface area contributed by atoms with Crippen LogP contribution in [0.5, 0.6) is 0 Å². The molecule has 0 bridgehead atoms. The lowest BCUT2D eigenvalue weighted by Gasteiger charge is -2.20. The molecule has 1 aliphatic heterocycles. The van der Waals surface area contributed by atoms with Gasteiger partial charge in [-0.15, -0.1) is 0 Å². The fraction of sp³-hybridized carbons (Fsp3) is 0.286. The number of rotatable bonds is 7. The van der Waals surface area contributed by atoms with Gasteiger partial charge in [0.2, 0.25) is 5.91 Å². The molecule has 7 heteroatoms. The van der Waals surface area contributed by atoms with Gasteiger partial charge >= 0.3 is 0 Å². The number of hydrogen-bond acceptors (Lipinski definition) is 5. The molecule has 0 aromatic heterocycles. The summed E-state index contributed by atoms with van der Waals surface area (Å²) in [6.45, 7) is 1.26. The predicted molar refractivity (Wildman–Crippen MR) is 110 cm³/mol. The molecular formula is C21H25N5O2. The van der Waals surface area contributed by atoms with Crippen LogP contribution in [0.4, 0.5) is 5.69 Å². The van der Waals surface area contributed by atoms with Crippen LogP contribution in [0, 0.1) is 0 Å². The number of benzene rings is 2. The van der Waals surface area contributed by atoms with Crippen LogP contribution in [0.1, 0.15) is 17.5 Å². The minimum absolute atomic E-state index is 0.192. The number of para-hydroxylation sites is 1. The highest BCUT2D eigenvalue weighted by molar-refractivity contribution is 6.40. The fourth-order valence-corrected chi connectivity index (χ4v) is 3.10. The summed E-state index contributed by atoms with van der Waals surface area (Å²) in [5, 5.41) is 8.75. The highest BCUT2D eigenvalue weighted by Crippen LogP contribution is 2.24. The van der Waals surface area contributed by atoms with Gasteiger partial charge in [-0.1, -0.05) is 42.5 Å². The monoisotopic (exact) mass is 379 g/mol. The second kappa shape index (κ2) is 8.67. The van der Waals surface area contributed by atoms with Crippen molar-refractivity contribution in [1.82, 2.24) is 10.2 Å². The SMILES string of the molecule is CN(C)Cc1ccc(CNC(=O)C2=NN(c3ccccc3)C(C(N)=O)C2)cc1. The van der Waals surface area contributed by atoms with Crippen molar-refractivity contribution in [2.75, 3.05) is 19.1 Å². The Labute approximate surface area is 164 Å². The minimum atomic E-state index is -0.659. The number of nitrogens with zero attached hydrogens (tertiary/aromatic N) is 3. The van der Waals surface area contributed by atoms with E-state index in [1.165, 1.54) is 10.6 Å². The Hall–Kier alpha value is -3.19. The predicted octanol–water partition coefficient (Wildman–Crippen LogP) is 1.48. The summed E-state index contributed by atoms with van der Waals surface area (Å²) in [5.41, 5.74) is 8.75. The van der Waals surface area contributed by atoms with Crippen LogP contribution in [0.25, 0.3) is 0 Å². The molecule has 0 saturated carbocycles. The lowest BCUT2D eigenvalue weighted by atomic mass is 10.1. The van der Waals surface area contributed by atoms with Gasteiger partial charge in [0.1, 0.15) is 11.8 Å². The zero-order chi connectivity index (χ0) is 20.1. The van der Waals surface area contributed by atoms with Gasteiger partial charge in [-0.25, -0.2) is 0 Å². The first kappa shape index (κ1) is 19.6. The molecule has 1 aliphatic rings. The van der Waals surface area contributed by atoms with Crippen LogP contribution in [-0.2, 0) is 22.7 Å². The summed E-state index contributed by atoms with van der Waals surface area (Å²) in [6, 6.07) is 16.7. The van der Waals surface area contributed by atoms with Crippen molar-refractivity contribution in [3.8, 4) is 0 Å². The lowest BCUT2D eigenvalue weighted by molar-refractivity contribution is -0.119. The van der Waals surface area contributed by atoms with Crippen molar-refractivity contribution in [1.29, 1.82) is 0 Å². The largest absolute Gasteiger partial charge is 0.368 e. The van der Waals surface area contributed by atoms with Gasteiger partial charge in [-0.2, -0.15) is 5.10 Å². The molecule has 1 atom stereocenters. The van der Waals surface area contributed by atoms with Gasteiger partial charge < -0.3 is 16.0 Å². The Kier molecular flexibility index (Phi) is 6.06. The average Bonchev–Trinajstić information content (AvgIpc) is 3.13. The first-order chi connectivity index (χ1) is 13.4. The maximum atomic E-state index is 12.5. The maximum absolute atomic E-state index is 12.5. The van der Waals surface area contributed by atoms with Crippen molar-refractivity contribution in [3.63, 3.8) is 0 Å². The van der Waals surface area contributed by atoms with Crippen LogP contribution in [0.15, 0.2) is 59.7 Å². The molecule has 3 N–H and O–H groups in total. The van der Waals surface area contributed by atoms with Crippen molar-refractivity contribution < 1.29 is 9.59 Å². The Bertz CT molecular complexity index is 862. The number of carbonyl (C=O) groups excluding carboxylic acids is 2. The van der Waals surface area contributed by atoms with Gasteiger partial charge in [0, 0.05) is 19.5 Å². The van der Waals surface area contributed by atoms with Gasteiger partial charge in [-0.05, 0) is 37.4 Å². The summed E-state index contributed by atoms with van der Waals surface area (Å²) in [4.78, 5) is 26.5. The summed E-state index contributed by atoms with van der Waals surface area (Å²) >= 11 is 0. The molecule has 2 aromatic carbocycles. The Morgan fingerprint density at radius 3 is 2.36 bits per heavy atom. The van der Waals surface area contributed by atoms with E-state index >= 15 is 0 Å². The highest BCUT2D eigenvalue weighted by atomic mass is 16.2. The van der Waals surface area contributed by atoms with E-state index in [2.05, 4.69) is 27.5 Å². The summed E-state index contributed by atoms with van der Waals surface area (Å²) < 4.78 is 0. The van der Waals surface area contributed by atoms with Crippen LogP contribution in [-0.4, -0.2) is 42.6 Å². The number of primary amides is 1. The van der Waals surface area contributed by atoms with E-state index in [1.807, 2.05) is 56.6 Å². The minimum Gasteiger partial charge on any atom is -0.368 e. The van der Waals surface area contributed by atoms with Crippen LogP contribution >= 0.6 is 0 Å². The quantitative estimate of drug-likeness (QED) is 0.762. The number of amides is 2. The molecule has 0 radical (unpaired) electrons. The van der Waals surface area contributed by atoms with Crippen molar-refractivity contribution in [2.24, 2.45) is 10.8 Å². The summed E-state index contributed by atoms with van der Waals surface area (Å²) in [5.74, 6) is -0.797. The van der Waals surface area contributed by atoms with E-state index in [1.54, 1.807) is 0 Å². The molecule has 0 fully saturated rings. The standard InChI is InChI=1S/C21H25N5O2/c1-25(2)14-16-10-8-15(9-11-16)13-23-21(28)18-12-19(20(22)27)26(24-18)17-6-4-3-5-7-17/h3-11,19H,12-14H2,1-2H3,(H2,22,27)(H,23,28). The van der Waals surface area contributed by atoms with E-state index in [-0.39, 0.29) is 12.3 Å². The first-order valence-corrected chi connectivity index (χ1v) is 9.16. The summed E-state index contributed by atoms with van der Waals surface area (Å²) in [7, 11) is 4.04. The molecule has 0 saturated heterocycles. The molecule has 3 rings (SSSR count). The molecule has 1 unspecified atom stereocenters. The number of nitrogens with one attached hydrogen (secondary N) is 1. The molecular weight excluding hydrogens is 354 g/mol. The van der Waals surface area contributed by atoms with Crippen molar-refractivity contribution >= 4 is 23.2 Å². The molecule has 1 heterocycles. The number of hydrazone groups is 1. The topological polar surface area (TPSA) is 91.0 Å². The van der Waals surface area contributed by atoms with E-state index in [9.17, 15) is 9.59 Å². The van der Waals surface area contributed by atoms with Crippen LogP contribution < -0.4 is 16.1 Å². The van der Waals surface area contributed by atoms with Crippen molar-refractivity contribution in [3.05, 3.63) is 65.7 Å². The Balaban J connectivity index is 1.64. The molecule has 28 heavy (non-hydrogen) atoms. The molecule has 0 aliphatic carbocycles. The van der Waals surface area contributed by atoms with E-state index in [4.69, 9.17) is 5.73 Å². The third-order valence-corrected chi connectivity index (χ3v) is 4.50. The van der Waals surface area contributed by atoms with Gasteiger partial charge in [0.25, 0.3) is 5.91 Å². The third-order valence-electron chi connectivity index (χ3n) is 4.50. The number of hydrogen-bond donors (Lipinski definition) is 2. The first-order valence-electron chi connectivity index (χ1n) is 9.16. The number of anilines is 1.